The maximum atomic E-state index is 13.9. The zero-order valence-corrected chi connectivity index (χ0v) is 21.7. The number of carbonyl (C=O) groups excluding carboxylic acids is 2. The maximum absolute atomic E-state index is 13.9. The fraction of sp³-hybridized carbons (Fsp3) is 0.300. The summed E-state index contributed by atoms with van der Waals surface area (Å²) < 4.78 is 19.9. The van der Waals surface area contributed by atoms with Crippen LogP contribution in [0, 0.1) is 12.7 Å². The Kier molecular flexibility index (Phi) is 7.51. The molecule has 0 saturated heterocycles. The second kappa shape index (κ2) is 11.1. The van der Waals surface area contributed by atoms with Crippen LogP contribution < -0.4 is 4.90 Å². The number of aryl methyl sites for hydroxylation is 1. The number of aromatic nitrogens is 1. The molecule has 38 heavy (non-hydrogen) atoms. The molecule has 0 aliphatic carbocycles. The largest absolute Gasteiger partial charge is 0.451 e. The molecule has 0 saturated carbocycles. The van der Waals surface area contributed by atoms with Crippen LogP contribution in [-0.2, 0) is 17.9 Å². The predicted molar refractivity (Wildman–Crippen MR) is 144 cm³/mol. The summed E-state index contributed by atoms with van der Waals surface area (Å²) in [6.45, 7) is 6.69. The molecule has 8 heteroatoms. The number of furan rings is 1. The predicted octanol–water partition coefficient (Wildman–Crippen LogP) is 5.18. The van der Waals surface area contributed by atoms with Gasteiger partial charge >= 0.3 is 0 Å². The minimum absolute atomic E-state index is 0.0407. The lowest BCUT2D eigenvalue weighted by atomic mass is 10.1. The Morgan fingerprint density at radius 1 is 1.00 bits per heavy atom. The number of para-hydroxylation sites is 1. The first-order chi connectivity index (χ1) is 18.4. The highest BCUT2D eigenvalue weighted by atomic mass is 19.1. The van der Waals surface area contributed by atoms with Crippen LogP contribution in [0.3, 0.4) is 0 Å². The Labute approximate surface area is 221 Å². The van der Waals surface area contributed by atoms with Gasteiger partial charge in [-0.1, -0.05) is 24.3 Å². The number of halogens is 1. The van der Waals surface area contributed by atoms with Gasteiger partial charge in [-0.05, 0) is 55.3 Å². The fourth-order valence-electron chi connectivity index (χ4n) is 5.06. The smallest absolute Gasteiger partial charge is 0.290 e. The van der Waals surface area contributed by atoms with Crippen molar-refractivity contribution in [1.82, 2.24) is 14.8 Å². The van der Waals surface area contributed by atoms with Crippen LogP contribution in [0.25, 0.3) is 11.0 Å². The topological polar surface area (TPSA) is 69.9 Å². The van der Waals surface area contributed by atoms with Crippen LogP contribution in [0.4, 0.5) is 10.1 Å². The Bertz CT molecular complexity index is 1450. The molecular formula is C30H31FN4O3. The number of anilines is 1. The van der Waals surface area contributed by atoms with E-state index >= 15 is 0 Å². The quantitative estimate of drug-likeness (QED) is 0.377. The summed E-state index contributed by atoms with van der Waals surface area (Å²) >= 11 is 0. The van der Waals surface area contributed by atoms with E-state index in [1.165, 1.54) is 12.1 Å². The van der Waals surface area contributed by atoms with Crippen molar-refractivity contribution in [3.8, 4) is 0 Å². The van der Waals surface area contributed by atoms with E-state index in [4.69, 9.17) is 4.42 Å². The van der Waals surface area contributed by atoms with E-state index in [0.717, 1.165) is 29.9 Å². The van der Waals surface area contributed by atoms with Gasteiger partial charge in [0.1, 0.15) is 11.4 Å². The Morgan fingerprint density at radius 2 is 1.82 bits per heavy atom. The lowest BCUT2D eigenvalue weighted by Crippen LogP contribution is -2.38. The Hall–Kier alpha value is -4.04. The van der Waals surface area contributed by atoms with Crippen LogP contribution in [-0.4, -0.2) is 52.8 Å². The SMILES string of the molecule is CC(=O)N1CCCN(Cc2ccccn2)CCN(C(=O)c2oc3ccc(F)cc3c2C)Cc2ccccc21. The van der Waals surface area contributed by atoms with Crippen molar-refractivity contribution in [2.75, 3.05) is 31.1 Å². The number of carbonyl (C=O) groups is 2. The van der Waals surface area contributed by atoms with Crippen molar-refractivity contribution < 1.29 is 18.4 Å². The van der Waals surface area contributed by atoms with Crippen molar-refractivity contribution in [2.24, 2.45) is 0 Å². The van der Waals surface area contributed by atoms with Gasteiger partial charge in [0.05, 0.1) is 5.69 Å². The summed E-state index contributed by atoms with van der Waals surface area (Å²) in [6, 6.07) is 17.8. The van der Waals surface area contributed by atoms with Crippen LogP contribution in [0.15, 0.2) is 71.3 Å². The van der Waals surface area contributed by atoms with E-state index in [1.54, 1.807) is 35.9 Å². The summed E-state index contributed by atoms with van der Waals surface area (Å²) in [6.07, 6.45) is 2.56. The summed E-state index contributed by atoms with van der Waals surface area (Å²) in [7, 11) is 0. The number of fused-ring (bicyclic) bond motifs is 2. The second-order valence-corrected chi connectivity index (χ2v) is 9.67. The van der Waals surface area contributed by atoms with E-state index in [1.807, 2.05) is 42.5 Å². The molecule has 1 aliphatic heterocycles. The summed E-state index contributed by atoms with van der Waals surface area (Å²) in [5.74, 6) is -0.474. The maximum Gasteiger partial charge on any atom is 0.290 e. The van der Waals surface area contributed by atoms with Gasteiger partial charge in [0.25, 0.3) is 5.91 Å². The van der Waals surface area contributed by atoms with E-state index < -0.39 is 0 Å². The van der Waals surface area contributed by atoms with Crippen LogP contribution in [0.5, 0.6) is 0 Å². The first-order valence-electron chi connectivity index (χ1n) is 12.9. The first kappa shape index (κ1) is 25.6. The number of hydrogen-bond acceptors (Lipinski definition) is 5. The second-order valence-electron chi connectivity index (χ2n) is 9.67. The molecule has 0 radical (unpaired) electrons. The Balaban J connectivity index is 1.51. The molecule has 7 nitrogen and oxygen atoms in total. The molecule has 1 aliphatic rings. The molecular weight excluding hydrogens is 483 g/mol. The van der Waals surface area contributed by atoms with Gasteiger partial charge < -0.3 is 14.2 Å². The van der Waals surface area contributed by atoms with Gasteiger partial charge in [0.15, 0.2) is 5.76 Å². The molecule has 0 fully saturated rings. The first-order valence-corrected chi connectivity index (χ1v) is 12.9. The van der Waals surface area contributed by atoms with Crippen molar-refractivity contribution in [3.63, 3.8) is 0 Å². The van der Waals surface area contributed by atoms with E-state index in [9.17, 15) is 14.0 Å². The van der Waals surface area contributed by atoms with Gasteiger partial charge in [-0.25, -0.2) is 4.39 Å². The number of nitrogens with zero attached hydrogens (tertiary/aromatic N) is 4. The minimum atomic E-state index is -0.376. The van der Waals surface area contributed by atoms with Crippen molar-refractivity contribution in [1.29, 1.82) is 0 Å². The zero-order valence-electron chi connectivity index (χ0n) is 21.7. The molecule has 0 unspecified atom stereocenters. The molecule has 0 atom stereocenters. The normalized spacial score (nSPS) is 15.2. The molecule has 2 aromatic heterocycles. The number of benzene rings is 2. The zero-order chi connectivity index (χ0) is 26.6. The third-order valence-electron chi connectivity index (χ3n) is 7.06. The third kappa shape index (κ3) is 5.45. The molecule has 196 valence electrons. The lowest BCUT2D eigenvalue weighted by molar-refractivity contribution is -0.116. The highest BCUT2D eigenvalue weighted by Crippen LogP contribution is 2.29. The fourth-order valence-corrected chi connectivity index (χ4v) is 5.06. The average Bonchev–Trinajstić information content (AvgIpc) is 3.22. The molecule has 0 spiro atoms. The number of rotatable bonds is 3. The molecule has 0 bridgehead atoms. The van der Waals surface area contributed by atoms with Crippen LogP contribution >= 0.6 is 0 Å². The Morgan fingerprint density at radius 3 is 2.61 bits per heavy atom. The highest BCUT2D eigenvalue weighted by Gasteiger charge is 2.27. The summed E-state index contributed by atoms with van der Waals surface area (Å²) in [5.41, 5.74) is 3.73. The third-order valence-corrected chi connectivity index (χ3v) is 7.06. The van der Waals surface area contributed by atoms with E-state index in [2.05, 4.69) is 9.88 Å². The molecule has 4 aromatic rings. The number of amides is 2. The number of pyridine rings is 1. The minimum Gasteiger partial charge on any atom is -0.451 e. The standard InChI is InChI=1S/C30H31FN4O3/c1-21-26-18-24(31)11-12-28(26)38-29(21)30(37)34-17-16-33(20-25-9-5-6-13-32-25)14-7-15-35(22(2)36)27-10-4-3-8-23(27)19-34/h3-6,8-13,18H,7,14-17,19-20H2,1-2H3. The average molecular weight is 515 g/mol. The molecule has 2 aromatic carbocycles. The van der Waals surface area contributed by atoms with Crippen LogP contribution in [0.1, 0.15) is 40.7 Å². The van der Waals surface area contributed by atoms with Crippen LogP contribution in [0.2, 0.25) is 0 Å². The lowest BCUT2D eigenvalue weighted by Gasteiger charge is -2.27. The molecule has 0 N–H and O–H groups in total. The van der Waals surface area contributed by atoms with Gasteiger partial charge in [-0.15, -0.1) is 0 Å². The van der Waals surface area contributed by atoms with Gasteiger partial charge in [0.2, 0.25) is 5.91 Å². The highest BCUT2D eigenvalue weighted by molar-refractivity contribution is 5.99. The van der Waals surface area contributed by atoms with Gasteiger partial charge in [-0.2, -0.15) is 0 Å². The molecule has 5 rings (SSSR count). The van der Waals surface area contributed by atoms with E-state index in [0.29, 0.717) is 49.3 Å². The van der Waals surface area contributed by atoms with E-state index in [-0.39, 0.29) is 23.4 Å². The van der Waals surface area contributed by atoms with Gasteiger partial charge in [0, 0.05) is 69.0 Å². The monoisotopic (exact) mass is 514 g/mol. The number of hydrogen-bond donors (Lipinski definition) is 0. The van der Waals surface area contributed by atoms with Crippen molar-refractivity contribution in [2.45, 2.75) is 33.4 Å². The summed E-state index contributed by atoms with van der Waals surface area (Å²) in [4.78, 5) is 36.9. The van der Waals surface area contributed by atoms with Crippen molar-refractivity contribution in [3.05, 3.63) is 95.3 Å². The van der Waals surface area contributed by atoms with Gasteiger partial charge in [-0.3, -0.25) is 19.5 Å². The summed E-state index contributed by atoms with van der Waals surface area (Å²) in [5, 5.41) is 0.589. The van der Waals surface area contributed by atoms with Crippen molar-refractivity contribution >= 4 is 28.5 Å². The molecule has 2 amide bonds. The molecule has 3 heterocycles.